The van der Waals surface area contributed by atoms with Gasteiger partial charge in [0.05, 0.1) is 5.56 Å². The number of amides is 1. The molecule has 1 amide bonds. The SMILES string of the molecule is CCO[C@H]1OC(C(=O)N2CCCC2)=C[C@@H](c2ccc(C(F)(F)F)cc2)[C@@H]1CCCO. The lowest BCUT2D eigenvalue weighted by Crippen LogP contribution is -2.39. The zero-order valence-corrected chi connectivity index (χ0v) is 17.0. The summed E-state index contributed by atoms with van der Waals surface area (Å²) in [7, 11) is 0. The lowest BCUT2D eigenvalue weighted by atomic mass is 9.80. The molecule has 8 heteroatoms. The number of hydrogen-bond donors (Lipinski definition) is 1. The molecule has 1 fully saturated rings. The van der Waals surface area contributed by atoms with Gasteiger partial charge in [-0.15, -0.1) is 0 Å². The van der Waals surface area contributed by atoms with E-state index in [1.807, 2.05) is 6.92 Å². The highest BCUT2D eigenvalue weighted by Crippen LogP contribution is 2.40. The molecule has 0 aromatic heterocycles. The van der Waals surface area contributed by atoms with Crippen LogP contribution in [-0.2, 0) is 20.4 Å². The Kier molecular flexibility index (Phi) is 7.41. The van der Waals surface area contributed by atoms with Crippen LogP contribution in [0.3, 0.4) is 0 Å². The molecule has 30 heavy (non-hydrogen) atoms. The van der Waals surface area contributed by atoms with Crippen molar-refractivity contribution in [2.24, 2.45) is 5.92 Å². The van der Waals surface area contributed by atoms with Gasteiger partial charge < -0.3 is 19.5 Å². The number of alkyl halides is 3. The number of carbonyl (C=O) groups excluding carboxylic acids is 1. The molecule has 0 spiro atoms. The summed E-state index contributed by atoms with van der Waals surface area (Å²) >= 11 is 0. The highest BCUT2D eigenvalue weighted by molar-refractivity contribution is 5.92. The molecule has 3 rings (SSSR count). The number of halogens is 3. The van der Waals surface area contributed by atoms with Crippen molar-refractivity contribution in [1.82, 2.24) is 4.90 Å². The minimum absolute atomic E-state index is 0.0155. The van der Waals surface area contributed by atoms with E-state index in [1.165, 1.54) is 12.1 Å². The van der Waals surface area contributed by atoms with E-state index in [2.05, 4.69) is 0 Å². The average Bonchev–Trinajstić information content (AvgIpc) is 3.26. The lowest BCUT2D eigenvalue weighted by Gasteiger charge is -2.37. The maximum atomic E-state index is 13.0. The number of aliphatic hydroxyl groups is 1. The van der Waals surface area contributed by atoms with Crippen molar-refractivity contribution >= 4 is 5.91 Å². The first-order valence-corrected chi connectivity index (χ1v) is 10.4. The highest BCUT2D eigenvalue weighted by atomic mass is 19.4. The number of hydrogen-bond acceptors (Lipinski definition) is 4. The Morgan fingerprint density at radius 3 is 2.47 bits per heavy atom. The lowest BCUT2D eigenvalue weighted by molar-refractivity contribution is -0.170. The minimum Gasteiger partial charge on any atom is -0.459 e. The third kappa shape index (κ3) is 5.16. The molecule has 1 saturated heterocycles. The summed E-state index contributed by atoms with van der Waals surface area (Å²) in [6.07, 6.45) is -0.483. The van der Waals surface area contributed by atoms with Crippen molar-refractivity contribution in [2.75, 3.05) is 26.3 Å². The molecule has 0 saturated carbocycles. The van der Waals surface area contributed by atoms with Gasteiger partial charge in [-0.2, -0.15) is 13.2 Å². The average molecular weight is 427 g/mol. The second-order valence-corrected chi connectivity index (χ2v) is 7.65. The molecule has 1 aromatic rings. The zero-order valence-electron chi connectivity index (χ0n) is 17.0. The van der Waals surface area contributed by atoms with E-state index < -0.39 is 18.0 Å². The van der Waals surface area contributed by atoms with E-state index in [1.54, 1.807) is 11.0 Å². The van der Waals surface area contributed by atoms with Crippen LogP contribution in [0.1, 0.15) is 49.7 Å². The Hall–Kier alpha value is -2.06. The molecule has 1 aromatic carbocycles. The summed E-state index contributed by atoms with van der Waals surface area (Å²) in [5.41, 5.74) is -0.0606. The molecular weight excluding hydrogens is 399 g/mol. The molecule has 5 nitrogen and oxygen atoms in total. The summed E-state index contributed by atoms with van der Waals surface area (Å²) in [5.74, 6) is -0.620. The molecule has 2 heterocycles. The van der Waals surface area contributed by atoms with Gasteiger partial charge >= 0.3 is 6.18 Å². The Balaban J connectivity index is 1.95. The predicted molar refractivity (Wildman–Crippen MR) is 104 cm³/mol. The van der Waals surface area contributed by atoms with Crippen molar-refractivity contribution in [2.45, 2.75) is 51.0 Å². The van der Waals surface area contributed by atoms with Gasteiger partial charge in [-0.25, -0.2) is 0 Å². The van der Waals surface area contributed by atoms with Crippen LogP contribution >= 0.6 is 0 Å². The first kappa shape index (κ1) is 22.6. The maximum absolute atomic E-state index is 13.0. The van der Waals surface area contributed by atoms with Gasteiger partial charge in [-0.1, -0.05) is 12.1 Å². The second-order valence-electron chi connectivity index (χ2n) is 7.65. The molecule has 0 radical (unpaired) electrons. The van der Waals surface area contributed by atoms with Crippen LogP contribution in [0.5, 0.6) is 0 Å². The predicted octanol–water partition coefficient (Wildman–Crippen LogP) is 4.08. The van der Waals surface area contributed by atoms with E-state index in [4.69, 9.17) is 9.47 Å². The van der Waals surface area contributed by atoms with Crippen LogP contribution in [0.4, 0.5) is 13.2 Å². The molecule has 2 aliphatic rings. The topological polar surface area (TPSA) is 59.0 Å². The normalized spacial score (nSPS) is 24.5. The number of nitrogens with zero attached hydrogens (tertiary/aromatic N) is 1. The summed E-state index contributed by atoms with van der Waals surface area (Å²) in [4.78, 5) is 14.7. The molecular formula is C22H28F3NO4. The van der Waals surface area contributed by atoms with E-state index in [0.29, 0.717) is 38.1 Å². The zero-order chi connectivity index (χ0) is 21.7. The van der Waals surface area contributed by atoms with Gasteiger partial charge in [0.1, 0.15) is 0 Å². The van der Waals surface area contributed by atoms with Crippen LogP contribution < -0.4 is 0 Å². The number of likely N-dealkylation sites (tertiary alicyclic amines) is 1. The van der Waals surface area contributed by atoms with Gasteiger partial charge in [0, 0.05) is 38.1 Å². The third-order valence-corrected chi connectivity index (χ3v) is 5.64. The first-order valence-electron chi connectivity index (χ1n) is 10.4. The Morgan fingerprint density at radius 2 is 1.90 bits per heavy atom. The van der Waals surface area contributed by atoms with Crippen LogP contribution in [0.15, 0.2) is 36.1 Å². The molecule has 166 valence electrons. The molecule has 0 unspecified atom stereocenters. The van der Waals surface area contributed by atoms with Gasteiger partial charge in [-0.05, 0) is 56.4 Å². The number of carbonyl (C=O) groups is 1. The third-order valence-electron chi connectivity index (χ3n) is 5.64. The first-order chi connectivity index (χ1) is 14.3. The fraction of sp³-hybridized carbons (Fsp3) is 0.591. The second kappa shape index (κ2) is 9.83. The number of rotatable bonds is 7. The number of allylic oxidation sites excluding steroid dienone is 1. The van der Waals surface area contributed by atoms with Crippen molar-refractivity contribution in [3.05, 3.63) is 47.2 Å². The van der Waals surface area contributed by atoms with Crippen molar-refractivity contribution in [3.63, 3.8) is 0 Å². The van der Waals surface area contributed by atoms with Crippen LogP contribution in [0.25, 0.3) is 0 Å². The molecule has 3 atom stereocenters. The Labute approximate surface area is 174 Å². The van der Waals surface area contributed by atoms with E-state index in [9.17, 15) is 23.1 Å². The molecule has 2 aliphatic heterocycles. The molecule has 0 bridgehead atoms. The Bertz CT molecular complexity index is 742. The van der Waals surface area contributed by atoms with Gasteiger partial charge in [0.15, 0.2) is 5.76 Å². The van der Waals surface area contributed by atoms with Crippen molar-refractivity contribution in [1.29, 1.82) is 0 Å². The highest BCUT2D eigenvalue weighted by Gasteiger charge is 2.39. The number of ether oxygens (including phenoxy) is 2. The quantitative estimate of drug-likeness (QED) is 0.713. The standard InChI is InChI=1S/C22H28F3NO4/c1-2-29-21-17(6-5-13-27)18(15-7-9-16(10-8-15)22(23,24)25)14-19(30-21)20(28)26-11-3-4-12-26/h7-10,14,17-18,21,27H,2-6,11-13H2,1H3/t17-,18-,21-/m0/s1. The van der Waals surface area contributed by atoms with Crippen molar-refractivity contribution < 1.29 is 32.5 Å². The van der Waals surface area contributed by atoms with E-state index in [-0.39, 0.29) is 30.1 Å². The van der Waals surface area contributed by atoms with Gasteiger partial charge in [0.25, 0.3) is 5.91 Å². The summed E-state index contributed by atoms with van der Waals surface area (Å²) in [5, 5.41) is 9.30. The van der Waals surface area contributed by atoms with E-state index in [0.717, 1.165) is 25.0 Å². The monoisotopic (exact) mass is 427 g/mol. The van der Waals surface area contributed by atoms with Crippen LogP contribution in [-0.4, -0.2) is 48.5 Å². The smallest absolute Gasteiger partial charge is 0.416 e. The number of benzene rings is 1. The maximum Gasteiger partial charge on any atom is 0.416 e. The van der Waals surface area contributed by atoms with E-state index >= 15 is 0 Å². The largest absolute Gasteiger partial charge is 0.459 e. The molecule has 0 aliphatic carbocycles. The fourth-order valence-electron chi connectivity index (χ4n) is 4.11. The fourth-order valence-corrected chi connectivity index (χ4v) is 4.11. The van der Waals surface area contributed by atoms with Gasteiger partial charge in [0.2, 0.25) is 6.29 Å². The Morgan fingerprint density at radius 1 is 1.23 bits per heavy atom. The van der Waals surface area contributed by atoms with Crippen LogP contribution in [0, 0.1) is 5.92 Å². The van der Waals surface area contributed by atoms with Gasteiger partial charge in [-0.3, -0.25) is 4.79 Å². The van der Waals surface area contributed by atoms with Crippen LogP contribution in [0.2, 0.25) is 0 Å². The molecule has 1 N–H and O–H groups in total. The summed E-state index contributed by atoms with van der Waals surface area (Å²) in [6, 6.07) is 5.00. The summed E-state index contributed by atoms with van der Waals surface area (Å²) in [6.45, 7) is 3.50. The minimum atomic E-state index is -4.41. The number of aliphatic hydroxyl groups excluding tert-OH is 1. The van der Waals surface area contributed by atoms with Crippen molar-refractivity contribution in [3.8, 4) is 0 Å². The summed E-state index contributed by atoms with van der Waals surface area (Å²) < 4.78 is 50.6.